The maximum atomic E-state index is 12.7. The molecule has 0 aliphatic rings. The van der Waals surface area contributed by atoms with E-state index in [1.807, 2.05) is 0 Å². The number of carbonyl (C=O) groups is 2. The third-order valence-electron chi connectivity index (χ3n) is 2.55. The monoisotopic (exact) mass is 363 g/mol. The van der Waals surface area contributed by atoms with E-state index < -0.39 is 34.2 Å². The van der Waals surface area contributed by atoms with Gasteiger partial charge in [0.2, 0.25) is 5.91 Å². The molecule has 1 aromatic rings. The molecule has 24 heavy (non-hydrogen) atoms. The zero-order chi connectivity index (χ0) is 18.5. The van der Waals surface area contributed by atoms with Crippen molar-refractivity contribution >= 4 is 29.6 Å². The molecule has 0 saturated carbocycles. The van der Waals surface area contributed by atoms with Crippen LogP contribution in [0, 0.1) is 0 Å². The first-order valence-corrected chi connectivity index (χ1v) is 7.31. The molecule has 0 bridgehead atoms. The summed E-state index contributed by atoms with van der Waals surface area (Å²) in [6.07, 6.45) is -2.37. The summed E-state index contributed by atoms with van der Waals surface area (Å²) in [6, 6.07) is 3.28. The molecule has 0 saturated heterocycles. The predicted octanol–water partition coefficient (Wildman–Crippen LogP) is 3.83. The number of benzene rings is 1. The molecule has 0 unspecified atom stereocenters. The van der Waals surface area contributed by atoms with E-state index in [1.54, 1.807) is 20.8 Å². The molecule has 1 N–H and O–H groups in total. The number of hydrogen-bond acceptors (Lipinski definition) is 3. The summed E-state index contributed by atoms with van der Waals surface area (Å²) in [5, 5.41) is 1.86. The lowest BCUT2D eigenvalue weighted by Gasteiger charge is -2.19. The zero-order valence-electron chi connectivity index (χ0n) is 13.3. The molecular weight excluding hydrogens is 347 g/mol. The second-order valence-corrected chi connectivity index (χ2v) is 6.28. The maximum Gasteiger partial charge on any atom is 0.417 e. The Hall–Kier alpha value is -2.02. The Balaban J connectivity index is 2.66. The van der Waals surface area contributed by atoms with Gasteiger partial charge >= 0.3 is 12.1 Å². The first-order valence-electron chi connectivity index (χ1n) is 6.93. The van der Waals surface area contributed by atoms with Crippen LogP contribution in [0.3, 0.4) is 0 Å². The fourth-order valence-electron chi connectivity index (χ4n) is 1.63. The van der Waals surface area contributed by atoms with Crippen molar-refractivity contribution in [3.63, 3.8) is 0 Å². The first-order chi connectivity index (χ1) is 10.9. The first kappa shape index (κ1) is 20.0. The summed E-state index contributed by atoms with van der Waals surface area (Å²) in [7, 11) is 0. The van der Waals surface area contributed by atoms with Crippen LogP contribution in [0.2, 0.25) is 5.02 Å². The smallest absolute Gasteiger partial charge is 0.417 e. The summed E-state index contributed by atoms with van der Waals surface area (Å²) in [4.78, 5) is 23.0. The summed E-state index contributed by atoms with van der Waals surface area (Å²) >= 11 is 5.51. The van der Waals surface area contributed by atoms with Crippen LogP contribution in [0.5, 0.6) is 0 Å². The number of nitrogens with one attached hydrogen (secondary N) is 1. The highest BCUT2D eigenvalue weighted by Gasteiger charge is 2.33. The normalized spacial score (nSPS) is 12.3. The van der Waals surface area contributed by atoms with Crippen molar-refractivity contribution in [2.45, 2.75) is 32.5 Å². The number of hydrogen-bond donors (Lipinski definition) is 1. The van der Waals surface area contributed by atoms with Gasteiger partial charge in [-0.15, -0.1) is 0 Å². The molecule has 1 amide bonds. The molecule has 0 radical (unpaired) electrons. The van der Waals surface area contributed by atoms with Crippen LogP contribution < -0.4 is 5.32 Å². The quantitative estimate of drug-likeness (QED) is 0.653. The van der Waals surface area contributed by atoms with E-state index in [0.29, 0.717) is 0 Å². The topological polar surface area (TPSA) is 55.4 Å². The van der Waals surface area contributed by atoms with Gasteiger partial charge in [-0.05, 0) is 44.5 Å². The minimum Gasteiger partial charge on any atom is -0.459 e. The van der Waals surface area contributed by atoms with E-state index in [9.17, 15) is 22.8 Å². The van der Waals surface area contributed by atoms with Crippen molar-refractivity contribution in [2.75, 3.05) is 6.54 Å². The van der Waals surface area contributed by atoms with Crippen LogP contribution in [0.1, 0.15) is 31.9 Å². The summed E-state index contributed by atoms with van der Waals surface area (Å²) in [5.74, 6) is -1.25. The van der Waals surface area contributed by atoms with Crippen molar-refractivity contribution in [1.82, 2.24) is 5.32 Å². The van der Waals surface area contributed by atoms with Crippen molar-refractivity contribution in [2.24, 2.45) is 0 Å². The molecule has 0 heterocycles. The Morgan fingerprint density at radius 2 is 1.88 bits per heavy atom. The highest BCUT2D eigenvalue weighted by atomic mass is 35.5. The molecule has 0 fully saturated rings. The lowest BCUT2D eigenvalue weighted by molar-refractivity contribution is -0.154. The van der Waals surface area contributed by atoms with Gasteiger partial charge in [0, 0.05) is 6.08 Å². The van der Waals surface area contributed by atoms with Crippen molar-refractivity contribution in [3.05, 3.63) is 40.4 Å². The van der Waals surface area contributed by atoms with E-state index in [2.05, 4.69) is 5.32 Å². The summed E-state index contributed by atoms with van der Waals surface area (Å²) < 4.78 is 43.2. The average molecular weight is 364 g/mol. The Kier molecular flexibility index (Phi) is 6.42. The van der Waals surface area contributed by atoms with Gasteiger partial charge in [0.15, 0.2) is 0 Å². The van der Waals surface area contributed by atoms with Crippen LogP contribution >= 0.6 is 11.6 Å². The number of carbonyl (C=O) groups excluding carboxylic acids is 2. The van der Waals surface area contributed by atoms with Gasteiger partial charge in [-0.2, -0.15) is 13.2 Å². The third kappa shape index (κ3) is 7.04. The lowest BCUT2D eigenvalue weighted by atomic mass is 10.1. The fourth-order valence-corrected chi connectivity index (χ4v) is 1.86. The van der Waals surface area contributed by atoms with Crippen molar-refractivity contribution in [1.29, 1.82) is 0 Å². The van der Waals surface area contributed by atoms with Crippen molar-refractivity contribution in [3.8, 4) is 0 Å². The Labute approximate surface area is 142 Å². The largest absolute Gasteiger partial charge is 0.459 e. The van der Waals surface area contributed by atoms with E-state index >= 15 is 0 Å². The van der Waals surface area contributed by atoms with E-state index in [0.717, 1.165) is 18.2 Å². The summed E-state index contributed by atoms with van der Waals surface area (Å²) in [5.41, 5.74) is -1.51. The number of esters is 1. The molecule has 0 aliphatic carbocycles. The number of ether oxygens (including phenoxy) is 1. The molecule has 8 heteroatoms. The molecule has 0 aliphatic heterocycles. The Bertz CT molecular complexity index is 649. The van der Waals surface area contributed by atoms with Gasteiger partial charge in [0.25, 0.3) is 0 Å². The molecule has 132 valence electrons. The minimum atomic E-state index is -4.58. The van der Waals surface area contributed by atoms with Gasteiger partial charge in [0.1, 0.15) is 12.1 Å². The van der Waals surface area contributed by atoms with Crippen LogP contribution in [0.25, 0.3) is 6.08 Å². The van der Waals surface area contributed by atoms with Gasteiger partial charge in [-0.25, -0.2) is 0 Å². The highest BCUT2D eigenvalue weighted by Crippen LogP contribution is 2.35. The molecule has 4 nitrogen and oxygen atoms in total. The zero-order valence-corrected chi connectivity index (χ0v) is 14.1. The predicted molar refractivity (Wildman–Crippen MR) is 84.3 cm³/mol. The number of halogens is 4. The van der Waals surface area contributed by atoms with Crippen LogP contribution in [0.4, 0.5) is 13.2 Å². The van der Waals surface area contributed by atoms with Gasteiger partial charge < -0.3 is 10.1 Å². The number of rotatable bonds is 4. The van der Waals surface area contributed by atoms with E-state index in [4.69, 9.17) is 16.3 Å². The van der Waals surface area contributed by atoms with E-state index in [1.165, 1.54) is 12.1 Å². The van der Waals surface area contributed by atoms with Crippen LogP contribution in [0.15, 0.2) is 24.3 Å². The molecule has 0 spiro atoms. The second-order valence-electron chi connectivity index (χ2n) is 5.87. The Morgan fingerprint density at radius 3 is 2.42 bits per heavy atom. The molecule has 0 aromatic heterocycles. The van der Waals surface area contributed by atoms with Gasteiger partial charge in [-0.1, -0.05) is 17.7 Å². The van der Waals surface area contributed by atoms with Gasteiger partial charge in [-0.3, -0.25) is 9.59 Å². The second kappa shape index (κ2) is 7.70. The number of alkyl halides is 3. The Morgan fingerprint density at radius 1 is 1.25 bits per heavy atom. The van der Waals surface area contributed by atoms with Crippen LogP contribution in [-0.2, 0) is 20.5 Å². The van der Waals surface area contributed by atoms with Crippen LogP contribution in [-0.4, -0.2) is 24.0 Å². The molecule has 1 aromatic carbocycles. The van der Waals surface area contributed by atoms with Gasteiger partial charge in [0.05, 0.1) is 10.6 Å². The lowest BCUT2D eigenvalue weighted by Crippen LogP contribution is -2.33. The van der Waals surface area contributed by atoms with E-state index in [-0.39, 0.29) is 12.1 Å². The standard InChI is InChI=1S/C16H17ClF3NO3/c1-15(2,3)24-14(23)9-21-13(22)7-5-10-4-6-12(17)11(8-10)16(18,19)20/h4-8H,9H2,1-3H3,(H,21,22). The molecule has 0 atom stereocenters. The maximum absolute atomic E-state index is 12.7. The fraction of sp³-hybridized carbons (Fsp3) is 0.375. The average Bonchev–Trinajstić information content (AvgIpc) is 2.41. The molecule has 1 rings (SSSR count). The minimum absolute atomic E-state index is 0.152. The summed E-state index contributed by atoms with van der Waals surface area (Å²) in [6.45, 7) is 4.72. The SMILES string of the molecule is CC(C)(C)OC(=O)CNC(=O)C=Cc1ccc(Cl)c(C(F)(F)F)c1. The third-order valence-corrected chi connectivity index (χ3v) is 2.88. The highest BCUT2D eigenvalue weighted by molar-refractivity contribution is 6.31. The number of amides is 1. The molecular formula is C16H17ClF3NO3. The van der Waals surface area contributed by atoms with Crippen molar-refractivity contribution < 1.29 is 27.5 Å².